The molecule has 1 amide bonds. The summed E-state index contributed by atoms with van der Waals surface area (Å²) >= 11 is 1.61. The van der Waals surface area contributed by atoms with Crippen LogP contribution < -0.4 is 5.73 Å². The first kappa shape index (κ1) is 25.2. The lowest BCUT2D eigenvalue weighted by Gasteiger charge is -2.23. The first-order valence-electron chi connectivity index (χ1n) is 13.0. The van der Waals surface area contributed by atoms with Gasteiger partial charge in [-0.15, -0.1) is 21.5 Å². The molecule has 9 heteroatoms. The maximum atomic E-state index is 13.9. The van der Waals surface area contributed by atoms with Crippen LogP contribution in [0.4, 0.5) is 0 Å². The fourth-order valence-electron chi connectivity index (χ4n) is 5.09. The van der Waals surface area contributed by atoms with E-state index in [1.54, 1.807) is 23.9 Å². The highest BCUT2D eigenvalue weighted by Gasteiger charge is 2.33. The molecule has 0 bridgehead atoms. The topological polar surface area (TPSA) is 111 Å². The van der Waals surface area contributed by atoms with Gasteiger partial charge in [0.25, 0.3) is 5.91 Å². The van der Waals surface area contributed by atoms with Gasteiger partial charge in [0.05, 0.1) is 24.1 Å². The number of aryl methyl sites for hydroxylation is 1. The molecule has 1 saturated heterocycles. The highest BCUT2D eigenvalue weighted by molar-refractivity contribution is 7.09. The van der Waals surface area contributed by atoms with Gasteiger partial charge in [-0.3, -0.25) is 4.79 Å². The first-order chi connectivity index (χ1) is 18.9. The molecular weight excluding hydrogens is 510 g/mol. The summed E-state index contributed by atoms with van der Waals surface area (Å²) in [6.45, 7) is 4.54. The average molecular weight is 540 g/mol. The molecule has 5 aromatic rings. The lowest BCUT2D eigenvalue weighted by atomic mass is 9.94. The molecule has 0 aliphatic carbocycles. The number of thiazole rings is 1. The molecule has 3 aromatic heterocycles. The number of rotatable bonds is 7. The lowest BCUT2D eigenvalue weighted by Crippen LogP contribution is -2.35. The lowest BCUT2D eigenvalue weighted by molar-refractivity contribution is 0.0735. The summed E-state index contributed by atoms with van der Waals surface area (Å²) in [5.41, 5.74) is 10.7. The van der Waals surface area contributed by atoms with Crippen molar-refractivity contribution in [1.29, 1.82) is 0 Å². The number of nitrogens with two attached hydrogens (primary N) is 1. The fraction of sp³-hybridized carbons (Fsp3) is 0.267. The summed E-state index contributed by atoms with van der Waals surface area (Å²) in [6.07, 6.45) is 5.64. The number of hydrogen-bond donors (Lipinski definition) is 1. The van der Waals surface area contributed by atoms with Gasteiger partial charge in [0, 0.05) is 34.3 Å². The zero-order valence-corrected chi connectivity index (χ0v) is 22.6. The zero-order chi connectivity index (χ0) is 27.0. The number of likely N-dealkylation sites (tertiary alicyclic amines) is 1. The second kappa shape index (κ2) is 10.2. The second-order valence-corrected chi connectivity index (χ2v) is 11.2. The second-order valence-electron chi connectivity index (χ2n) is 10.3. The molecule has 8 nitrogen and oxygen atoms in total. The zero-order valence-electron chi connectivity index (χ0n) is 21.8. The van der Waals surface area contributed by atoms with Crippen LogP contribution in [0.5, 0.6) is 0 Å². The molecule has 6 rings (SSSR count). The molecule has 0 saturated carbocycles. The van der Waals surface area contributed by atoms with Crippen LogP contribution in [0.15, 0.2) is 81.3 Å². The van der Waals surface area contributed by atoms with Crippen molar-refractivity contribution in [2.24, 2.45) is 5.73 Å². The Morgan fingerprint density at radius 2 is 1.95 bits per heavy atom. The minimum absolute atomic E-state index is 0.0248. The van der Waals surface area contributed by atoms with Crippen molar-refractivity contribution in [1.82, 2.24) is 20.1 Å². The number of amides is 1. The number of benzene rings is 2. The van der Waals surface area contributed by atoms with Crippen molar-refractivity contribution >= 4 is 17.2 Å². The van der Waals surface area contributed by atoms with Gasteiger partial charge in [-0.1, -0.05) is 30.3 Å². The molecule has 4 heterocycles. The van der Waals surface area contributed by atoms with E-state index in [-0.39, 0.29) is 11.9 Å². The standard InChI is InChI=1S/C30H29N5O3S/c1-19-18-39-27(32-19)25-9-6-11-35(25)28(36)24-14-22(21-10-12-37-17-21)13-23(15-24)26-33-34-29(38-26)30(2,31)16-20-7-4-3-5-8-20/h3-5,7-8,10,12-15,17-18,25H,6,9,11,16,31H2,1-2H3/t25-,30?/m1/s1. The summed E-state index contributed by atoms with van der Waals surface area (Å²) < 4.78 is 11.5. The molecular formula is C30H29N5O3S. The van der Waals surface area contributed by atoms with E-state index in [9.17, 15) is 4.79 Å². The Morgan fingerprint density at radius 1 is 1.13 bits per heavy atom. The number of hydrogen-bond acceptors (Lipinski definition) is 8. The van der Waals surface area contributed by atoms with Crippen molar-refractivity contribution in [3.05, 3.63) is 100 Å². The molecule has 0 spiro atoms. The minimum Gasteiger partial charge on any atom is -0.472 e. The molecule has 1 unspecified atom stereocenters. The summed E-state index contributed by atoms with van der Waals surface area (Å²) in [5, 5.41) is 11.6. The molecule has 198 valence electrons. The van der Waals surface area contributed by atoms with Crippen molar-refractivity contribution in [3.63, 3.8) is 0 Å². The quantitative estimate of drug-likeness (QED) is 0.264. The maximum Gasteiger partial charge on any atom is 0.254 e. The third-order valence-corrected chi connectivity index (χ3v) is 8.11. The Kier molecular flexibility index (Phi) is 6.62. The van der Waals surface area contributed by atoms with Gasteiger partial charge in [0.2, 0.25) is 11.8 Å². The Morgan fingerprint density at radius 3 is 2.69 bits per heavy atom. The predicted octanol–water partition coefficient (Wildman–Crippen LogP) is 6.16. The number of aromatic nitrogens is 3. The van der Waals surface area contributed by atoms with Crippen molar-refractivity contribution in [2.75, 3.05) is 6.54 Å². The van der Waals surface area contributed by atoms with Crippen LogP contribution in [0.1, 0.15) is 58.3 Å². The minimum atomic E-state index is -0.859. The van der Waals surface area contributed by atoms with Gasteiger partial charge in [-0.2, -0.15) is 0 Å². The van der Waals surface area contributed by atoms with Gasteiger partial charge in [0.15, 0.2) is 0 Å². The smallest absolute Gasteiger partial charge is 0.254 e. The van der Waals surface area contributed by atoms with Gasteiger partial charge >= 0.3 is 0 Å². The van der Waals surface area contributed by atoms with E-state index in [0.717, 1.165) is 40.2 Å². The van der Waals surface area contributed by atoms with Crippen LogP contribution in [-0.4, -0.2) is 32.5 Å². The first-order valence-corrected chi connectivity index (χ1v) is 13.8. The Balaban J connectivity index is 1.35. The van der Waals surface area contributed by atoms with Crippen LogP contribution in [0.2, 0.25) is 0 Å². The highest BCUT2D eigenvalue weighted by Crippen LogP contribution is 2.36. The molecule has 1 fully saturated rings. The Hall–Kier alpha value is -4.08. The molecule has 1 aliphatic rings. The van der Waals surface area contributed by atoms with E-state index in [0.29, 0.717) is 35.9 Å². The van der Waals surface area contributed by atoms with Crippen LogP contribution in [0.25, 0.3) is 22.6 Å². The van der Waals surface area contributed by atoms with Crippen molar-refractivity contribution < 1.29 is 13.6 Å². The van der Waals surface area contributed by atoms with Crippen LogP contribution in [0, 0.1) is 6.92 Å². The molecule has 2 atom stereocenters. The molecule has 2 aromatic carbocycles. The third kappa shape index (κ3) is 5.15. The Bertz CT molecular complexity index is 1590. The highest BCUT2D eigenvalue weighted by atomic mass is 32.1. The largest absolute Gasteiger partial charge is 0.472 e. The van der Waals surface area contributed by atoms with Crippen LogP contribution >= 0.6 is 11.3 Å². The van der Waals surface area contributed by atoms with Crippen molar-refractivity contribution in [3.8, 4) is 22.6 Å². The summed E-state index contributed by atoms with van der Waals surface area (Å²) in [7, 11) is 0. The van der Waals surface area contributed by atoms with Crippen LogP contribution in [-0.2, 0) is 12.0 Å². The van der Waals surface area contributed by atoms with E-state index in [1.165, 1.54) is 0 Å². The van der Waals surface area contributed by atoms with E-state index in [2.05, 4.69) is 15.2 Å². The van der Waals surface area contributed by atoms with Gasteiger partial charge in [0.1, 0.15) is 5.01 Å². The van der Waals surface area contributed by atoms with E-state index < -0.39 is 5.54 Å². The summed E-state index contributed by atoms with van der Waals surface area (Å²) in [5.74, 6) is 0.591. The SMILES string of the molecule is Cc1csc([C@H]2CCCN2C(=O)c2cc(-c3ccoc3)cc(-c3nnc(C(C)(N)Cc4ccccc4)o3)c2)n1. The monoisotopic (exact) mass is 539 g/mol. The van der Waals surface area contributed by atoms with E-state index >= 15 is 0 Å². The molecule has 0 radical (unpaired) electrons. The predicted molar refractivity (Wildman–Crippen MR) is 149 cm³/mol. The summed E-state index contributed by atoms with van der Waals surface area (Å²) in [4.78, 5) is 20.5. The molecule has 39 heavy (non-hydrogen) atoms. The molecule has 1 aliphatic heterocycles. The maximum absolute atomic E-state index is 13.9. The summed E-state index contributed by atoms with van der Waals surface area (Å²) in [6, 6.07) is 17.4. The van der Waals surface area contributed by atoms with E-state index in [4.69, 9.17) is 14.6 Å². The van der Waals surface area contributed by atoms with E-state index in [1.807, 2.05) is 78.7 Å². The van der Waals surface area contributed by atoms with Gasteiger partial charge < -0.3 is 19.5 Å². The normalized spacial score (nSPS) is 16.9. The number of furan rings is 1. The van der Waals surface area contributed by atoms with Gasteiger partial charge in [-0.05, 0) is 68.5 Å². The fourth-order valence-corrected chi connectivity index (χ4v) is 6.04. The average Bonchev–Trinajstić information content (AvgIpc) is 3.74. The third-order valence-electron chi connectivity index (χ3n) is 7.04. The van der Waals surface area contributed by atoms with Crippen molar-refractivity contribution in [2.45, 2.75) is 44.7 Å². The Labute approximate surface area is 230 Å². The number of carbonyl (C=O) groups excluding carboxylic acids is 1. The molecule has 2 N–H and O–H groups in total. The van der Waals surface area contributed by atoms with Crippen LogP contribution in [0.3, 0.4) is 0 Å². The number of carbonyl (C=O) groups is 1. The van der Waals surface area contributed by atoms with Gasteiger partial charge in [-0.25, -0.2) is 4.98 Å². The number of nitrogens with zero attached hydrogens (tertiary/aromatic N) is 4.